The first-order chi connectivity index (χ1) is 13.4. The third kappa shape index (κ3) is 4.69. The molecule has 0 radical (unpaired) electrons. The second kappa shape index (κ2) is 8.70. The summed E-state index contributed by atoms with van der Waals surface area (Å²) >= 11 is 0. The van der Waals surface area contributed by atoms with Crippen LogP contribution < -0.4 is 9.46 Å². The Morgan fingerprint density at radius 3 is 2.39 bits per heavy atom. The summed E-state index contributed by atoms with van der Waals surface area (Å²) in [5.41, 5.74) is 0.0705. The number of hydrogen-bond donors (Lipinski definition) is 1. The highest BCUT2D eigenvalue weighted by atomic mass is 32.2. The number of halogens is 1. The number of benzene rings is 2. The highest BCUT2D eigenvalue weighted by molar-refractivity contribution is 7.89. The van der Waals surface area contributed by atoms with Gasteiger partial charge in [-0.25, -0.2) is 17.5 Å². The number of sulfonamides is 1. The molecule has 1 aliphatic heterocycles. The van der Waals surface area contributed by atoms with Gasteiger partial charge in [0, 0.05) is 19.6 Å². The molecule has 2 aromatic rings. The van der Waals surface area contributed by atoms with Gasteiger partial charge in [0.05, 0.1) is 17.6 Å². The molecule has 1 aliphatic rings. The number of methoxy groups -OCH3 is 1. The van der Waals surface area contributed by atoms with Crippen LogP contribution in [0.3, 0.4) is 0 Å². The van der Waals surface area contributed by atoms with Gasteiger partial charge in [-0.05, 0) is 55.2 Å². The molecule has 0 aromatic heterocycles. The zero-order chi connectivity index (χ0) is 20.1. The van der Waals surface area contributed by atoms with E-state index in [-0.39, 0.29) is 22.3 Å². The average molecular weight is 406 g/mol. The molecule has 28 heavy (non-hydrogen) atoms. The number of nitrogens with zero attached hydrogens (tertiary/aromatic N) is 1. The molecule has 2 aromatic carbocycles. The fourth-order valence-corrected chi connectivity index (χ4v) is 4.33. The SMILES string of the molecule is COc1ccc(S(=O)(=O)NCC2CCN(C(=O)c3ccccc3F)CC2)cc1. The van der Waals surface area contributed by atoms with Crippen molar-refractivity contribution in [2.75, 3.05) is 26.7 Å². The maximum absolute atomic E-state index is 13.8. The summed E-state index contributed by atoms with van der Waals surface area (Å²) in [5, 5.41) is 0. The maximum Gasteiger partial charge on any atom is 0.256 e. The molecule has 0 saturated carbocycles. The van der Waals surface area contributed by atoms with E-state index in [1.54, 1.807) is 29.2 Å². The molecule has 3 rings (SSSR count). The van der Waals surface area contributed by atoms with Gasteiger partial charge >= 0.3 is 0 Å². The lowest BCUT2D eigenvalue weighted by molar-refractivity contribution is 0.0687. The normalized spacial score (nSPS) is 15.4. The van der Waals surface area contributed by atoms with E-state index in [9.17, 15) is 17.6 Å². The van der Waals surface area contributed by atoms with E-state index >= 15 is 0 Å². The van der Waals surface area contributed by atoms with E-state index in [0.29, 0.717) is 38.2 Å². The highest BCUT2D eigenvalue weighted by Gasteiger charge is 2.26. The van der Waals surface area contributed by atoms with Crippen molar-refractivity contribution >= 4 is 15.9 Å². The van der Waals surface area contributed by atoms with Crippen molar-refractivity contribution in [3.8, 4) is 5.75 Å². The lowest BCUT2D eigenvalue weighted by Crippen LogP contribution is -2.41. The minimum Gasteiger partial charge on any atom is -0.497 e. The monoisotopic (exact) mass is 406 g/mol. The first-order valence-corrected chi connectivity index (χ1v) is 10.6. The van der Waals surface area contributed by atoms with Gasteiger partial charge in [-0.2, -0.15) is 0 Å². The van der Waals surface area contributed by atoms with Crippen molar-refractivity contribution in [1.82, 2.24) is 9.62 Å². The van der Waals surface area contributed by atoms with Gasteiger partial charge in [0.2, 0.25) is 10.0 Å². The van der Waals surface area contributed by atoms with E-state index in [2.05, 4.69) is 4.72 Å². The van der Waals surface area contributed by atoms with Gasteiger partial charge in [-0.3, -0.25) is 4.79 Å². The fraction of sp³-hybridized carbons (Fsp3) is 0.350. The van der Waals surface area contributed by atoms with Gasteiger partial charge < -0.3 is 9.64 Å². The molecular formula is C20H23FN2O4S. The smallest absolute Gasteiger partial charge is 0.256 e. The summed E-state index contributed by atoms with van der Waals surface area (Å²) in [7, 11) is -2.08. The molecule has 8 heteroatoms. The minimum atomic E-state index is -3.60. The fourth-order valence-electron chi connectivity index (χ4n) is 3.21. The number of hydrogen-bond acceptors (Lipinski definition) is 4. The number of amides is 1. The summed E-state index contributed by atoms with van der Waals surface area (Å²) in [6.07, 6.45) is 1.32. The molecule has 0 unspecified atom stereocenters. The third-order valence-corrected chi connectivity index (χ3v) is 6.38. The van der Waals surface area contributed by atoms with Crippen molar-refractivity contribution < 1.29 is 22.3 Å². The van der Waals surface area contributed by atoms with Gasteiger partial charge in [-0.15, -0.1) is 0 Å². The predicted octanol–water partition coefficient (Wildman–Crippen LogP) is 2.67. The second-order valence-electron chi connectivity index (χ2n) is 6.74. The van der Waals surface area contributed by atoms with Gasteiger partial charge in [0.15, 0.2) is 0 Å². The topological polar surface area (TPSA) is 75.7 Å². The summed E-state index contributed by atoms with van der Waals surface area (Å²) < 4.78 is 46.3. The number of piperidine rings is 1. The Morgan fingerprint density at radius 1 is 1.14 bits per heavy atom. The molecule has 1 N–H and O–H groups in total. The number of carbonyl (C=O) groups is 1. The van der Waals surface area contributed by atoms with Crippen LogP contribution in [0.4, 0.5) is 4.39 Å². The molecule has 0 bridgehead atoms. The molecule has 1 amide bonds. The number of nitrogens with one attached hydrogen (secondary N) is 1. The van der Waals surface area contributed by atoms with Crippen molar-refractivity contribution in [2.45, 2.75) is 17.7 Å². The molecule has 0 aliphatic carbocycles. The quantitative estimate of drug-likeness (QED) is 0.800. The summed E-state index contributed by atoms with van der Waals surface area (Å²) in [5.74, 6) is -0.138. The molecule has 150 valence electrons. The third-order valence-electron chi connectivity index (χ3n) is 4.94. The Hall–Kier alpha value is -2.45. The number of carbonyl (C=O) groups excluding carboxylic acids is 1. The Morgan fingerprint density at radius 2 is 1.79 bits per heavy atom. The molecular weight excluding hydrogens is 383 g/mol. The standard InChI is InChI=1S/C20H23FN2O4S/c1-27-16-6-8-17(9-7-16)28(25,26)22-14-15-10-12-23(13-11-15)20(24)18-4-2-3-5-19(18)21/h2-9,15,22H,10-14H2,1H3. The Bertz CT molecular complexity index is 923. The molecule has 0 spiro atoms. The number of likely N-dealkylation sites (tertiary alicyclic amines) is 1. The van der Waals surface area contributed by atoms with Crippen LogP contribution in [-0.2, 0) is 10.0 Å². The zero-order valence-corrected chi connectivity index (χ0v) is 16.4. The van der Waals surface area contributed by atoms with Crippen LogP contribution in [0.25, 0.3) is 0 Å². The van der Waals surface area contributed by atoms with Crippen molar-refractivity contribution in [3.05, 3.63) is 59.9 Å². The van der Waals surface area contributed by atoms with Crippen LogP contribution in [0.15, 0.2) is 53.4 Å². The van der Waals surface area contributed by atoms with E-state index in [1.165, 1.54) is 31.4 Å². The van der Waals surface area contributed by atoms with Crippen molar-refractivity contribution in [3.63, 3.8) is 0 Å². The van der Waals surface area contributed by atoms with Crippen LogP contribution >= 0.6 is 0 Å². The number of rotatable bonds is 6. The molecule has 1 fully saturated rings. The van der Waals surface area contributed by atoms with Gasteiger partial charge in [0.25, 0.3) is 5.91 Å². The summed E-state index contributed by atoms with van der Waals surface area (Å²) in [6, 6.07) is 12.1. The van der Waals surface area contributed by atoms with E-state index in [4.69, 9.17) is 4.74 Å². The summed E-state index contributed by atoms with van der Waals surface area (Å²) in [4.78, 5) is 14.2. The largest absolute Gasteiger partial charge is 0.497 e. The van der Waals surface area contributed by atoms with Crippen LogP contribution in [0.5, 0.6) is 5.75 Å². The lowest BCUT2D eigenvalue weighted by atomic mass is 9.96. The average Bonchev–Trinajstić information content (AvgIpc) is 2.72. The van der Waals surface area contributed by atoms with E-state index < -0.39 is 15.8 Å². The first kappa shape index (κ1) is 20.3. The van der Waals surface area contributed by atoms with E-state index in [1.807, 2.05) is 0 Å². The number of ether oxygens (including phenoxy) is 1. The Labute approximate surface area is 164 Å². The predicted molar refractivity (Wildman–Crippen MR) is 103 cm³/mol. The van der Waals surface area contributed by atoms with Gasteiger partial charge in [0.1, 0.15) is 11.6 Å². The molecule has 1 saturated heterocycles. The molecule has 1 heterocycles. The molecule has 0 atom stereocenters. The maximum atomic E-state index is 13.8. The van der Waals surface area contributed by atoms with Crippen LogP contribution in [-0.4, -0.2) is 46.0 Å². The van der Waals surface area contributed by atoms with Crippen molar-refractivity contribution in [2.24, 2.45) is 5.92 Å². The Kier molecular flexibility index (Phi) is 6.31. The lowest BCUT2D eigenvalue weighted by Gasteiger charge is -2.32. The van der Waals surface area contributed by atoms with Crippen molar-refractivity contribution in [1.29, 1.82) is 0 Å². The van der Waals surface area contributed by atoms with E-state index in [0.717, 1.165) is 0 Å². The minimum absolute atomic E-state index is 0.0705. The van der Waals surface area contributed by atoms with Gasteiger partial charge in [-0.1, -0.05) is 12.1 Å². The second-order valence-corrected chi connectivity index (χ2v) is 8.51. The molecule has 6 nitrogen and oxygen atoms in total. The zero-order valence-electron chi connectivity index (χ0n) is 15.6. The van der Waals surface area contributed by atoms with Crippen LogP contribution in [0, 0.1) is 11.7 Å². The van der Waals surface area contributed by atoms with Crippen LogP contribution in [0.1, 0.15) is 23.2 Å². The highest BCUT2D eigenvalue weighted by Crippen LogP contribution is 2.21. The Balaban J connectivity index is 1.52. The van der Waals surface area contributed by atoms with Crippen LogP contribution in [0.2, 0.25) is 0 Å². The summed E-state index contributed by atoms with van der Waals surface area (Å²) in [6.45, 7) is 1.25. The first-order valence-electron chi connectivity index (χ1n) is 9.08.